The second-order valence-electron chi connectivity index (χ2n) is 10.5. The Morgan fingerprint density at radius 2 is 1.87 bits per heavy atom. The van der Waals surface area contributed by atoms with Crippen LogP contribution in [0.25, 0.3) is 0 Å². The van der Waals surface area contributed by atoms with Crippen molar-refractivity contribution in [3.63, 3.8) is 0 Å². The first-order valence-electron chi connectivity index (χ1n) is 13.2. The van der Waals surface area contributed by atoms with Gasteiger partial charge in [-0.15, -0.1) is 0 Å². The number of nitrogens with zero attached hydrogens (tertiary/aromatic N) is 1. The molecule has 0 bridgehead atoms. The molecule has 2 aromatic rings. The molecule has 1 fully saturated rings. The van der Waals surface area contributed by atoms with E-state index in [1.54, 1.807) is 42.2 Å². The van der Waals surface area contributed by atoms with E-state index in [0.29, 0.717) is 47.9 Å². The van der Waals surface area contributed by atoms with Gasteiger partial charge in [-0.2, -0.15) is 0 Å². The van der Waals surface area contributed by atoms with Gasteiger partial charge in [-0.3, -0.25) is 0 Å². The number of hydrogen-bond donors (Lipinski definition) is 0. The van der Waals surface area contributed by atoms with Crippen LogP contribution >= 0.6 is 0 Å². The highest BCUT2D eigenvalue weighted by molar-refractivity contribution is 5.96. The highest BCUT2D eigenvalue weighted by atomic mass is 16.6. The Kier molecular flexibility index (Phi) is 9.78. The molecule has 0 saturated carbocycles. The lowest BCUT2D eigenvalue weighted by Crippen LogP contribution is -2.37. The van der Waals surface area contributed by atoms with Gasteiger partial charge >= 0.3 is 12.1 Å². The van der Waals surface area contributed by atoms with Gasteiger partial charge in [-0.25, -0.2) is 9.59 Å². The Bertz CT molecular complexity index is 1120. The molecule has 0 N–H and O–H groups in total. The summed E-state index contributed by atoms with van der Waals surface area (Å²) in [6, 6.07) is 10.1. The summed E-state index contributed by atoms with van der Waals surface area (Å²) in [7, 11) is 1.53. The molecule has 0 spiro atoms. The van der Waals surface area contributed by atoms with Crippen molar-refractivity contribution < 1.29 is 33.3 Å². The van der Waals surface area contributed by atoms with Crippen molar-refractivity contribution in [1.29, 1.82) is 0 Å². The third kappa shape index (κ3) is 6.85. The monoisotopic (exact) mass is 525 g/mol. The number of carbonyl (C=O) groups is 3. The zero-order valence-electron chi connectivity index (χ0n) is 23.2. The molecule has 8 nitrogen and oxygen atoms in total. The van der Waals surface area contributed by atoms with Gasteiger partial charge in [0.2, 0.25) is 0 Å². The average molecular weight is 526 g/mol. The van der Waals surface area contributed by atoms with E-state index in [4.69, 9.17) is 18.9 Å². The van der Waals surface area contributed by atoms with Gasteiger partial charge < -0.3 is 28.6 Å². The Morgan fingerprint density at radius 3 is 2.47 bits per heavy atom. The molecule has 1 saturated heterocycles. The Labute approximate surface area is 225 Å². The Balaban J connectivity index is 2.13. The minimum atomic E-state index is -0.677. The van der Waals surface area contributed by atoms with Crippen molar-refractivity contribution in [2.75, 3.05) is 20.3 Å². The largest absolute Gasteiger partial charge is 0.496 e. The minimum Gasteiger partial charge on any atom is -0.496 e. The lowest BCUT2D eigenvalue weighted by atomic mass is 9.88. The molecule has 0 radical (unpaired) electrons. The zero-order chi connectivity index (χ0) is 27.9. The number of amides is 1. The van der Waals surface area contributed by atoms with Crippen LogP contribution in [0, 0.1) is 12.8 Å². The molecular formula is C30H39NO7. The summed E-state index contributed by atoms with van der Waals surface area (Å²) in [5, 5.41) is 0. The second-order valence-corrected chi connectivity index (χ2v) is 10.5. The molecule has 1 amide bonds. The van der Waals surface area contributed by atoms with Crippen LogP contribution < -0.4 is 14.2 Å². The first kappa shape index (κ1) is 29.0. The van der Waals surface area contributed by atoms with Crippen LogP contribution in [0.1, 0.15) is 80.9 Å². The van der Waals surface area contributed by atoms with E-state index in [1.165, 1.54) is 7.11 Å². The first-order valence-corrected chi connectivity index (χ1v) is 13.2. The highest BCUT2D eigenvalue weighted by Gasteiger charge is 2.42. The van der Waals surface area contributed by atoms with Gasteiger partial charge in [0.25, 0.3) is 0 Å². The predicted octanol–water partition coefficient (Wildman–Crippen LogP) is 6.29. The molecule has 1 aliphatic heterocycles. The summed E-state index contributed by atoms with van der Waals surface area (Å²) in [5.41, 5.74) is 0.796. The molecular weight excluding hydrogens is 486 g/mol. The summed E-state index contributed by atoms with van der Waals surface area (Å²) in [6.07, 6.45) is 3.04. The average Bonchev–Trinajstić information content (AvgIpc) is 3.27. The van der Waals surface area contributed by atoms with Crippen LogP contribution in [0.2, 0.25) is 0 Å². The third-order valence-corrected chi connectivity index (χ3v) is 6.50. The first-order chi connectivity index (χ1) is 18.1. The van der Waals surface area contributed by atoms with Crippen molar-refractivity contribution in [3.05, 3.63) is 53.1 Å². The van der Waals surface area contributed by atoms with Crippen molar-refractivity contribution in [2.45, 2.75) is 71.9 Å². The SMILES string of the molecule is CCCCOc1cc(C2C(CC=O)CCN2C(=O)OC(C)(C)C)c(OC)c(C)c1C(=O)Oc1ccccc1. The number of esters is 1. The van der Waals surface area contributed by atoms with Crippen LogP contribution in [0.15, 0.2) is 36.4 Å². The van der Waals surface area contributed by atoms with Crippen molar-refractivity contribution in [3.8, 4) is 17.2 Å². The molecule has 0 aliphatic carbocycles. The zero-order valence-corrected chi connectivity index (χ0v) is 23.2. The number of ether oxygens (including phenoxy) is 4. The van der Waals surface area contributed by atoms with E-state index >= 15 is 0 Å². The van der Waals surface area contributed by atoms with Gasteiger partial charge in [0.15, 0.2) is 0 Å². The number of benzene rings is 2. The standard InChI is InChI=1S/C30H39NO7/c1-7-8-18-36-24-19-23(26-21(15-17-32)14-16-31(26)29(34)38-30(3,4)5)27(35-6)20(2)25(24)28(33)37-22-12-10-9-11-13-22/h9-13,17,19,21,26H,7-8,14-16,18H2,1-6H3. The number of unbranched alkanes of at least 4 members (excludes halogenated alkanes) is 1. The molecule has 1 heterocycles. The number of methoxy groups -OCH3 is 1. The number of carbonyl (C=O) groups excluding carboxylic acids is 3. The fourth-order valence-corrected chi connectivity index (χ4v) is 4.80. The molecule has 8 heteroatoms. The quantitative estimate of drug-likeness (QED) is 0.156. The van der Waals surface area contributed by atoms with Crippen molar-refractivity contribution >= 4 is 18.3 Å². The smallest absolute Gasteiger partial charge is 0.410 e. The Morgan fingerprint density at radius 1 is 1.16 bits per heavy atom. The van der Waals surface area contributed by atoms with Gasteiger partial charge in [0.05, 0.1) is 19.8 Å². The van der Waals surface area contributed by atoms with Crippen LogP contribution in [-0.4, -0.2) is 49.1 Å². The highest BCUT2D eigenvalue weighted by Crippen LogP contribution is 2.47. The van der Waals surface area contributed by atoms with E-state index in [-0.39, 0.29) is 17.9 Å². The fraction of sp³-hybridized carbons (Fsp3) is 0.500. The third-order valence-electron chi connectivity index (χ3n) is 6.50. The fourth-order valence-electron chi connectivity index (χ4n) is 4.80. The van der Waals surface area contributed by atoms with E-state index in [1.807, 2.05) is 26.8 Å². The van der Waals surface area contributed by atoms with E-state index < -0.39 is 23.7 Å². The number of hydrogen-bond acceptors (Lipinski definition) is 7. The lowest BCUT2D eigenvalue weighted by Gasteiger charge is -2.32. The summed E-state index contributed by atoms with van der Waals surface area (Å²) < 4.78 is 23.3. The topological polar surface area (TPSA) is 91.4 Å². The predicted molar refractivity (Wildman–Crippen MR) is 144 cm³/mol. The minimum absolute atomic E-state index is 0.140. The molecule has 38 heavy (non-hydrogen) atoms. The van der Waals surface area contributed by atoms with E-state index in [2.05, 4.69) is 6.92 Å². The van der Waals surface area contributed by atoms with Gasteiger partial charge in [0.1, 0.15) is 34.7 Å². The maximum atomic E-state index is 13.4. The van der Waals surface area contributed by atoms with Gasteiger partial charge in [-0.1, -0.05) is 31.5 Å². The van der Waals surface area contributed by atoms with Crippen molar-refractivity contribution in [1.82, 2.24) is 4.90 Å². The number of rotatable bonds is 10. The molecule has 206 valence electrons. The van der Waals surface area contributed by atoms with E-state index in [0.717, 1.165) is 19.1 Å². The summed E-state index contributed by atoms with van der Waals surface area (Å²) in [6.45, 7) is 10.1. The maximum Gasteiger partial charge on any atom is 0.410 e. The van der Waals surface area contributed by atoms with Gasteiger partial charge in [-0.05, 0) is 64.7 Å². The van der Waals surface area contributed by atoms with Gasteiger partial charge in [0, 0.05) is 24.1 Å². The maximum absolute atomic E-state index is 13.4. The Hall–Kier alpha value is -3.55. The number of para-hydroxylation sites is 1. The van der Waals surface area contributed by atoms with Crippen LogP contribution in [0.4, 0.5) is 4.79 Å². The van der Waals surface area contributed by atoms with Crippen LogP contribution in [0.5, 0.6) is 17.2 Å². The van der Waals surface area contributed by atoms with E-state index in [9.17, 15) is 14.4 Å². The summed E-state index contributed by atoms with van der Waals surface area (Å²) in [5.74, 6) is 0.513. The molecule has 1 aliphatic rings. The molecule has 3 rings (SSSR count). The molecule has 0 aromatic heterocycles. The summed E-state index contributed by atoms with van der Waals surface area (Å²) in [4.78, 5) is 39.8. The number of likely N-dealkylation sites (tertiary alicyclic amines) is 1. The van der Waals surface area contributed by atoms with Crippen LogP contribution in [0.3, 0.4) is 0 Å². The second kappa shape index (κ2) is 12.8. The summed E-state index contributed by atoms with van der Waals surface area (Å²) >= 11 is 0. The molecule has 2 aromatic carbocycles. The normalized spacial score (nSPS) is 17.2. The van der Waals surface area contributed by atoms with Crippen LogP contribution in [-0.2, 0) is 9.53 Å². The molecule has 2 atom stereocenters. The van der Waals surface area contributed by atoms with Crippen molar-refractivity contribution in [2.24, 2.45) is 5.92 Å². The molecule has 2 unspecified atom stereocenters. The number of aldehydes is 1. The lowest BCUT2D eigenvalue weighted by molar-refractivity contribution is -0.108.